The highest BCUT2D eigenvalue weighted by Crippen LogP contribution is 2.25. The van der Waals surface area contributed by atoms with Gasteiger partial charge in [0.15, 0.2) is 0 Å². The number of aryl methyl sites for hydroxylation is 1. The number of hydrogen-bond donors (Lipinski definition) is 0. The van der Waals surface area contributed by atoms with E-state index in [1.807, 2.05) is 51.4 Å². The first-order chi connectivity index (χ1) is 11.1. The summed E-state index contributed by atoms with van der Waals surface area (Å²) >= 11 is 0. The van der Waals surface area contributed by atoms with Crippen LogP contribution in [0.1, 0.15) is 55.5 Å². The second-order valence-electron chi connectivity index (χ2n) is 7.15. The summed E-state index contributed by atoms with van der Waals surface area (Å²) in [6.45, 7) is 8.29. The molecule has 0 N–H and O–H groups in total. The van der Waals surface area contributed by atoms with E-state index in [1.54, 1.807) is 16.7 Å². The van der Waals surface area contributed by atoms with Crippen molar-refractivity contribution < 1.29 is 9.53 Å². The number of amides is 1. The number of hydrogen-bond acceptors (Lipinski definition) is 3. The van der Waals surface area contributed by atoms with Gasteiger partial charge in [-0.05, 0) is 30.7 Å². The van der Waals surface area contributed by atoms with E-state index in [1.165, 1.54) is 0 Å². The fourth-order valence-corrected chi connectivity index (χ4v) is 2.50. The Hall–Kier alpha value is -2.30. The summed E-state index contributed by atoms with van der Waals surface area (Å²) in [5, 5.41) is 4.49. The summed E-state index contributed by atoms with van der Waals surface area (Å²) in [5.41, 5.74) is 2.49. The molecule has 5 heteroatoms. The van der Waals surface area contributed by atoms with E-state index in [0.717, 1.165) is 17.0 Å². The lowest BCUT2D eigenvalue weighted by Gasteiger charge is -2.25. The molecule has 0 bridgehead atoms. The smallest absolute Gasteiger partial charge is 0.272 e. The monoisotopic (exact) mass is 329 g/mol. The van der Waals surface area contributed by atoms with Crippen molar-refractivity contribution in [3.8, 4) is 5.75 Å². The predicted octanol–water partition coefficient (Wildman–Crippen LogP) is 3.56. The zero-order valence-corrected chi connectivity index (χ0v) is 15.6. The number of benzene rings is 1. The molecule has 0 aliphatic rings. The Labute approximate surface area is 144 Å². The lowest BCUT2D eigenvalue weighted by atomic mass is 9.92. The van der Waals surface area contributed by atoms with Gasteiger partial charge in [0, 0.05) is 19.5 Å². The molecule has 0 fully saturated rings. The first-order valence-electron chi connectivity index (χ1n) is 8.10. The third kappa shape index (κ3) is 3.61. The van der Waals surface area contributed by atoms with Crippen LogP contribution in [0, 0.1) is 0 Å². The van der Waals surface area contributed by atoms with E-state index < -0.39 is 0 Å². The Morgan fingerprint density at radius 2 is 1.83 bits per heavy atom. The normalized spacial score (nSPS) is 12.8. The molecule has 1 heterocycles. The summed E-state index contributed by atoms with van der Waals surface area (Å²) in [6, 6.07) is 9.63. The lowest BCUT2D eigenvalue weighted by Crippen LogP contribution is -2.31. The van der Waals surface area contributed by atoms with Gasteiger partial charge in [0.25, 0.3) is 5.91 Å². The van der Waals surface area contributed by atoms with E-state index in [9.17, 15) is 4.79 Å². The van der Waals surface area contributed by atoms with Gasteiger partial charge in [-0.25, -0.2) is 0 Å². The van der Waals surface area contributed by atoms with E-state index in [-0.39, 0.29) is 17.4 Å². The molecule has 0 radical (unpaired) electrons. The fraction of sp³-hybridized carbons (Fsp3) is 0.474. The molecule has 2 aromatic rings. The molecule has 0 spiro atoms. The maximum atomic E-state index is 12.9. The third-order valence-corrected chi connectivity index (χ3v) is 4.37. The quantitative estimate of drug-likeness (QED) is 0.861. The first-order valence-corrected chi connectivity index (χ1v) is 8.10. The molecule has 130 valence electrons. The minimum absolute atomic E-state index is 0.0381. The molecule has 1 aromatic heterocycles. The van der Waals surface area contributed by atoms with Gasteiger partial charge in [0.05, 0.1) is 18.8 Å². The van der Waals surface area contributed by atoms with Crippen LogP contribution in [0.2, 0.25) is 0 Å². The second kappa shape index (κ2) is 6.67. The molecular formula is C19H27N3O2. The Bertz CT molecular complexity index is 711. The molecular weight excluding hydrogens is 302 g/mol. The number of nitrogens with zero attached hydrogens (tertiary/aromatic N) is 3. The second-order valence-corrected chi connectivity index (χ2v) is 7.15. The van der Waals surface area contributed by atoms with Crippen LogP contribution in [0.3, 0.4) is 0 Å². The Morgan fingerprint density at radius 1 is 1.25 bits per heavy atom. The van der Waals surface area contributed by atoms with E-state index in [4.69, 9.17) is 4.74 Å². The van der Waals surface area contributed by atoms with E-state index >= 15 is 0 Å². The highest BCUT2D eigenvalue weighted by atomic mass is 16.5. The predicted molar refractivity (Wildman–Crippen MR) is 95.4 cm³/mol. The van der Waals surface area contributed by atoms with Crippen molar-refractivity contribution in [2.24, 2.45) is 7.05 Å². The first kappa shape index (κ1) is 18.0. The zero-order valence-electron chi connectivity index (χ0n) is 15.6. The molecule has 1 unspecified atom stereocenters. The number of rotatable bonds is 4. The molecule has 0 aliphatic heterocycles. The van der Waals surface area contributed by atoms with Crippen LogP contribution in [-0.4, -0.2) is 34.7 Å². The molecule has 1 amide bonds. The summed E-state index contributed by atoms with van der Waals surface area (Å²) in [4.78, 5) is 14.6. The van der Waals surface area contributed by atoms with Gasteiger partial charge in [-0.3, -0.25) is 9.48 Å². The van der Waals surface area contributed by atoms with Crippen LogP contribution in [0.4, 0.5) is 0 Å². The molecule has 0 aliphatic carbocycles. The fourth-order valence-electron chi connectivity index (χ4n) is 2.50. The maximum Gasteiger partial charge on any atom is 0.272 e. The standard InChI is InChI=1S/C19H27N3O2/c1-13(14-8-10-15(24-7)11-9-14)21(5)18(23)16-12-17(19(2,3)4)20-22(16)6/h8-13H,1-7H3. The summed E-state index contributed by atoms with van der Waals surface area (Å²) < 4.78 is 6.85. The third-order valence-electron chi connectivity index (χ3n) is 4.37. The highest BCUT2D eigenvalue weighted by molar-refractivity contribution is 5.92. The number of carbonyl (C=O) groups is 1. The van der Waals surface area contributed by atoms with E-state index in [0.29, 0.717) is 5.69 Å². The van der Waals surface area contributed by atoms with Gasteiger partial charge in [0.1, 0.15) is 11.4 Å². The SMILES string of the molecule is COc1ccc(C(C)N(C)C(=O)c2cc(C(C)(C)C)nn2C)cc1. The van der Waals surface area contributed by atoms with Crippen LogP contribution in [-0.2, 0) is 12.5 Å². The average molecular weight is 329 g/mol. The minimum Gasteiger partial charge on any atom is -0.497 e. The number of carbonyl (C=O) groups excluding carboxylic acids is 1. The van der Waals surface area contributed by atoms with Gasteiger partial charge in [-0.2, -0.15) is 5.10 Å². The van der Waals surface area contributed by atoms with Crippen LogP contribution < -0.4 is 4.74 Å². The Kier molecular flexibility index (Phi) is 5.02. The van der Waals surface area contributed by atoms with Crippen molar-refractivity contribution in [1.29, 1.82) is 0 Å². The highest BCUT2D eigenvalue weighted by Gasteiger charge is 2.25. The van der Waals surface area contributed by atoms with Crippen molar-refractivity contribution in [3.05, 3.63) is 47.3 Å². The van der Waals surface area contributed by atoms with Crippen LogP contribution in [0.5, 0.6) is 5.75 Å². The Balaban J connectivity index is 2.23. The average Bonchev–Trinajstić information content (AvgIpc) is 2.95. The van der Waals surface area contributed by atoms with Crippen LogP contribution in [0.15, 0.2) is 30.3 Å². The molecule has 24 heavy (non-hydrogen) atoms. The molecule has 0 saturated heterocycles. The van der Waals surface area contributed by atoms with Crippen molar-refractivity contribution in [2.75, 3.05) is 14.2 Å². The van der Waals surface area contributed by atoms with Gasteiger partial charge in [0.2, 0.25) is 0 Å². The number of ether oxygens (including phenoxy) is 1. The van der Waals surface area contributed by atoms with Gasteiger partial charge < -0.3 is 9.64 Å². The van der Waals surface area contributed by atoms with Crippen molar-refractivity contribution in [2.45, 2.75) is 39.2 Å². The largest absolute Gasteiger partial charge is 0.497 e. The van der Waals surface area contributed by atoms with Gasteiger partial charge >= 0.3 is 0 Å². The molecule has 5 nitrogen and oxygen atoms in total. The van der Waals surface area contributed by atoms with Crippen molar-refractivity contribution in [3.63, 3.8) is 0 Å². The molecule has 2 rings (SSSR count). The minimum atomic E-state index is -0.0868. The van der Waals surface area contributed by atoms with E-state index in [2.05, 4.69) is 25.9 Å². The molecule has 0 saturated carbocycles. The zero-order chi connectivity index (χ0) is 18.1. The van der Waals surface area contributed by atoms with Crippen LogP contribution >= 0.6 is 0 Å². The lowest BCUT2D eigenvalue weighted by molar-refractivity contribution is 0.0731. The summed E-state index contributed by atoms with van der Waals surface area (Å²) in [5.74, 6) is 0.769. The Morgan fingerprint density at radius 3 is 2.29 bits per heavy atom. The number of methoxy groups -OCH3 is 1. The van der Waals surface area contributed by atoms with Gasteiger partial charge in [-0.1, -0.05) is 32.9 Å². The van der Waals surface area contributed by atoms with Gasteiger partial charge in [-0.15, -0.1) is 0 Å². The van der Waals surface area contributed by atoms with Crippen molar-refractivity contribution >= 4 is 5.91 Å². The summed E-state index contributed by atoms with van der Waals surface area (Å²) in [7, 11) is 5.28. The van der Waals surface area contributed by atoms with Crippen molar-refractivity contribution in [1.82, 2.24) is 14.7 Å². The molecule has 1 aromatic carbocycles. The molecule has 1 atom stereocenters. The number of aromatic nitrogens is 2. The summed E-state index contributed by atoms with van der Waals surface area (Å²) in [6.07, 6.45) is 0. The van der Waals surface area contributed by atoms with Crippen LogP contribution in [0.25, 0.3) is 0 Å². The maximum absolute atomic E-state index is 12.9. The topological polar surface area (TPSA) is 47.4 Å².